The van der Waals surface area contributed by atoms with Crippen LogP contribution in [0.1, 0.15) is 22.8 Å². The van der Waals surface area contributed by atoms with Crippen LogP contribution in [0.5, 0.6) is 0 Å². The van der Waals surface area contributed by atoms with Crippen molar-refractivity contribution in [2.24, 2.45) is 11.1 Å². The molecular formula is C12H12Cl4N6O5. The molecule has 0 saturated carbocycles. The van der Waals surface area contributed by atoms with E-state index in [1.807, 2.05) is 0 Å². The van der Waals surface area contributed by atoms with E-state index in [1.54, 1.807) is 0 Å². The molecule has 0 aliphatic carbocycles. The lowest BCUT2D eigenvalue weighted by Gasteiger charge is -1.95. The number of nitrogens with zero attached hydrogens (tertiary/aromatic N) is 5. The minimum Gasteiger partial charge on any atom is -0.481 e. The first-order chi connectivity index (χ1) is 12.7. The maximum atomic E-state index is 10.2. The number of carboxylic acid groups (broad SMARTS) is 1. The zero-order valence-electron chi connectivity index (χ0n) is 13.3. The zero-order valence-corrected chi connectivity index (χ0v) is 16.3. The van der Waals surface area contributed by atoms with Crippen molar-refractivity contribution in [3.63, 3.8) is 0 Å². The van der Waals surface area contributed by atoms with E-state index in [0.717, 1.165) is 13.1 Å². The Hall–Kier alpha value is -2.15. The van der Waals surface area contributed by atoms with Crippen LogP contribution in [0.2, 0.25) is 20.6 Å². The summed E-state index contributed by atoms with van der Waals surface area (Å²) in [5, 5.41) is 25.3. The molecule has 0 bridgehead atoms. The van der Waals surface area contributed by atoms with E-state index in [9.17, 15) is 4.79 Å². The molecule has 0 aromatic carbocycles. The Balaban J connectivity index is 0. The third-order valence-electron chi connectivity index (χ3n) is 1.88. The number of aliphatic carboxylic acids is 1. The summed E-state index contributed by atoms with van der Waals surface area (Å²) < 4.78 is 0. The molecule has 0 spiro atoms. The number of carboxylic acids is 1. The van der Waals surface area contributed by atoms with Crippen molar-refractivity contribution in [2.45, 2.75) is 6.92 Å². The molecule has 2 rings (SSSR count). The summed E-state index contributed by atoms with van der Waals surface area (Å²) in [5.74, 6) is 2.67. The van der Waals surface area contributed by atoms with Gasteiger partial charge in [0.15, 0.2) is 6.29 Å². The summed E-state index contributed by atoms with van der Waals surface area (Å²) in [4.78, 5) is 33.6. The molecule has 5 N–H and O–H groups in total. The molecule has 15 heteroatoms. The SMILES string of the molecule is CC(=O)O.NO.O/N=C/c1c(Cl)ncnc1Cl.O=Cc1c(Cl)ncnc1Cl. The van der Waals surface area contributed by atoms with Crippen molar-refractivity contribution >= 4 is 64.9 Å². The number of hydrogen-bond acceptors (Lipinski definition) is 10. The van der Waals surface area contributed by atoms with E-state index in [2.05, 4.69) is 31.0 Å². The molecule has 0 saturated heterocycles. The number of aldehydes is 1. The normalized spacial score (nSPS) is 9.00. The van der Waals surface area contributed by atoms with Crippen molar-refractivity contribution < 1.29 is 25.1 Å². The lowest BCUT2D eigenvalue weighted by molar-refractivity contribution is -0.134. The van der Waals surface area contributed by atoms with Crippen molar-refractivity contribution in [3.8, 4) is 0 Å². The van der Waals surface area contributed by atoms with Crippen LogP contribution in [0.3, 0.4) is 0 Å². The number of nitrogens with two attached hydrogens (primary N) is 1. The Labute approximate surface area is 172 Å². The van der Waals surface area contributed by atoms with E-state index in [4.69, 9.17) is 66.7 Å². The molecule has 11 nitrogen and oxygen atoms in total. The van der Waals surface area contributed by atoms with Crippen LogP contribution in [0.4, 0.5) is 0 Å². The molecule has 2 heterocycles. The van der Waals surface area contributed by atoms with Crippen molar-refractivity contribution in [3.05, 3.63) is 44.4 Å². The van der Waals surface area contributed by atoms with Crippen LogP contribution in [0.15, 0.2) is 17.8 Å². The van der Waals surface area contributed by atoms with Gasteiger partial charge in [-0.1, -0.05) is 51.6 Å². The molecule has 0 atom stereocenters. The lowest BCUT2D eigenvalue weighted by Crippen LogP contribution is -1.90. The van der Waals surface area contributed by atoms with Crippen LogP contribution in [0, 0.1) is 0 Å². The molecule has 2 aromatic heterocycles. The third-order valence-corrected chi connectivity index (χ3v) is 3.08. The average Bonchev–Trinajstić information content (AvgIpc) is 2.60. The van der Waals surface area contributed by atoms with Crippen molar-refractivity contribution in [1.82, 2.24) is 19.9 Å². The highest BCUT2D eigenvalue weighted by atomic mass is 35.5. The highest BCUT2D eigenvalue weighted by Gasteiger charge is 2.05. The Bertz CT molecular complexity index is 721. The molecule has 27 heavy (non-hydrogen) atoms. The second kappa shape index (κ2) is 16.1. The fourth-order valence-electron chi connectivity index (χ4n) is 0.970. The summed E-state index contributed by atoms with van der Waals surface area (Å²) in [6.07, 6.45) is 4.01. The van der Waals surface area contributed by atoms with Crippen LogP contribution in [-0.2, 0) is 4.79 Å². The minimum absolute atomic E-state index is 0.0787. The van der Waals surface area contributed by atoms with Gasteiger partial charge in [-0.15, -0.1) is 0 Å². The molecule has 0 fully saturated rings. The van der Waals surface area contributed by atoms with Crippen LogP contribution >= 0.6 is 46.4 Å². The number of halogens is 4. The van der Waals surface area contributed by atoms with Crippen LogP contribution < -0.4 is 5.90 Å². The van der Waals surface area contributed by atoms with Crippen LogP contribution in [-0.4, -0.2) is 53.9 Å². The van der Waals surface area contributed by atoms with Gasteiger partial charge in [-0.05, 0) is 0 Å². The predicted octanol–water partition coefficient (Wildman–Crippen LogP) is 2.61. The summed E-state index contributed by atoms with van der Waals surface area (Å²) in [5.41, 5.74) is 0.434. The maximum Gasteiger partial charge on any atom is 0.300 e. The van der Waals surface area contributed by atoms with Gasteiger partial charge in [0.1, 0.15) is 33.3 Å². The molecule has 2 aromatic rings. The van der Waals surface area contributed by atoms with Crippen molar-refractivity contribution in [2.75, 3.05) is 0 Å². The first-order valence-electron chi connectivity index (χ1n) is 6.14. The average molecular weight is 462 g/mol. The monoisotopic (exact) mass is 460 g/mol. The van der Waals surface area contributed by atoms with E-state index in [1.165, 1.54) is 12.7 Å². The Morgan fingerprint density at radius 2 is 1.26 bits per heavy atom. The molecule has 148 valence electrons. The largest absolute Gasteiger partial charge is 0.481 e. The van der Waals surface area contributed by atoms with Gasteiger partial charge in [-0.25, -0.2) is 25.8 Å². The summed E-state index contributed by atoms with van der Waals surface area (Å²) in [7, 11) is 0. The summed E-state index contributed by atoms with van der Waals surface area (Å²) in [6.45, 7) is 1.08. The summed E-state index contributed by atoms with van der Waals surface area (Å²) >= 11 is 22.1. The topological polar surface area (TPSA) is 185 Å². The quantitative estimate of drug-likeness (QED) is 0.170. The van der Waals surface area contributed by atoms with Gasteiger partial charge in [0.25, 0.3) is 5.97 Å². The van der Waals surface area contributed by atoms with Gasteiger partial charge in [0, 0.05) is 6.92 Å². The van der Waals surface area contributed by atoms with E-state index >= 15 is 0 Å². The van der Waals surface area contributed by atoms with Gasteiger partial charge in [0.2, 0.25) is 0 Å². The zero-order chi connectivity index (χ0) is 21.4. The molecule has 0 radical (unpaired) electrons. The third kappa shape index (κ3) is 12.0. The van der Waals surface area contributed by atoms with Crippen molar-refractivity contribution in [1.29, 1.82) is 0 Å². The highest BCUT2D eigenvalue weighted by Crippen LogP contribution is 2.17. The Morgan fingerprint density at radius 3 is 1.48 bits per heavy atom. The van der Waals surface area contributed by atoms with Gasteiger partial charge < -0.3 is 15.5 Å². The lowest BCUT2D eigenvalue weighted by atomic mass is 10.4. The fourth-order valence-corrected chi connectivity index (χ4v) is 1.79. The van der Waals surface area contributed by atoms with Gasteiger partial charge in [-0.2, -0.15) is 0 Å². The molecule has 0 aliphatic rings. The van der Waals surface area contributed by atoms with Gasteiger partial charge >= 0.3 is 0 Å². The maximum absolute atomic E-state index is 10.2. The summed E-state index contributed by atoms with van der Waals surface area (Å²) in [6, 6.07) is 0. The molecule has 0 aliphatic heterocycles. The number of aromatic nitrogens is 4. The highest BCUT2D eigenvalue weighted by molar-refractivity contribution is 6.37. The molecule has 0 unspecified atom stereocenters. The standard InChI is InChI=1S/C5H3Cl2N3O.C5H2Cl2N2O.C2H4O2.H3NO/c6-4-3(1-10-11)5(7)9-2-8-4;6-4-3(1-10)5(7)9-2-8-4;1-2(3)4;1-2/h1-2,11H;1-2H;1H3,(H,3,4);2H,1H2/b10-1+;;;. The number of carbonyl (C=O) groups is 2. The number of hydrogen-bond donors (Lipinski definition) is 4. The first-order valence-corrected chi connectivity index (χ1v) is 7.65. The second-order valence-electron chi connectivity index (χ2n) is 3.62. The number of carbonyl (C=O) groups excluding carboxylic acids is 1. The second-order valence-corrected chi connectivity index (χ2v) is 5.05. The molecule has 0 amide bonds. The number of oxime groups is 1. The fraction of sp³-hybridized carbons (Fsp3) is 0.0833. The van der Waals surface area contributed by atoms with E-state index < -0.39 is 5.97 Å². The first kappa shape index (κ1) is 27.1. The smallest absolute Gasteiger partial charge is 0.300 e. The minimum atomic E-state index is -0.833. The number of rotatable bonds is 2. The Kier molecular flexibility index (Phi) is 16.1. The van der Waals surface area contributed by atoms with E-state index in [0.29, 0.717) is 11.8 Å². The van der Waals surface area contributed by atoms with Crippen LogP contribution in [0.25, 0.3) is 0 Å². The van der Waals surface area contributed by atoms with Gasteiger partial charge in [-0.3, -0.25) is 9.59 Å². The predicted molar refractivity (Wildman–Crippen MR) is 98.2 cm³/mol. The van der Waals surface area contributed by atoms with E-state index in [-0.39, 0.29) is 26.2 Å². The van der Waals surface area contributed by atoms with Gasteiger partial charge in [0.05, 0.1) is 17.3 Å². The Morgan fingerprint density at radius 1 is 0.963 bits per heavy atom. The molecular weight excluding hydrogens is 450 g/mol.